The van der Waals surface area contributed by atoms with Gasteiger partial charge in [0.1, 0.15) is 5.82 Å². The number of aromatic nitrogens is 1. The maximum absolute atomic E-state index is 14.1. The summed E-state index contributed by atoms with van der Waals surface area (Å²) in [5, 5.41) is 12.2. The zero-order valence-corrected chi connectivity index (χ0v) is 10.7. The Morgan fingerprint density at radius 3 is 2.65 bits per heavy atom. The van der Waals surface area contributed by atoms with Gasteiger partial charge in [0.15, 0.2) is 11.5 Å². The predicted molar refractivity (Wildman–Crippen MR) is 70.3 cm³/mol. The number of hydrogen-bond acceptors (Lipinski definition) is 4. The highest BCUT2D eigenvalue weighted by Crippen LogP contribution is 2.28. The lowest BCUT2D eigenvalue weighted by Gasteiger charge is -2.18. The highest BCUT2D eigenvalue weighted by Gasteiger charge is 2.18. The van der Waals surface area contributed by atoms with Crippen molar-refractivity contribution in [1.82, 2.24) is 5.16 Å². The monoisotopic (exact) mass is 276 g/mol. The van der Waals surface area contributed by atoms with Crippen molar-refractivity contribution >= 4 is 11.7 Å². The van der Waals surface area contributed by atoms with E-state index in [4.69, 9.17) is 9.63 Å². The van der Waals surface area contributed by atoms with E-state index in [1.807, 2.05) is 4.90 Å². The molecule has 104 valence electrons. The summed E-state index contributed by atoms with van der Waals surface area (Å²) in [6.45, 7) is 1.73. The molecule has 1 aliphatic heterocycles. The van der Waals surface area contributed by atoms with E-state index < -0.39 is 5.97 Å². The van der Waals surface area contributed by atoms with Gasteiger partial charge in [-0.15, -0.1) is 0 Å². The fourth-order valence-electron chi connectivity index (χ4n) is 2.39. The van der Waals surface area contributed by atoms with Crippen molar-refractivity contribution in [3.63, 3.8) is 0 Å². The number of carboxylic acid groups (broad SMARTS) is 1. The summed E-state index contributed by atoms with van der Waals surface area (Å²) in [5.74, 6) is -1.26. The topological polar surface area (TPSA) is 66.6 Å². The largest absolute Gasteiger partial charge is 0.476 e. The number of hydrogen-bond donors (Lipinski definition) is 1. The maximum atomic E-state index is 14.1. The molecule has 0 unspecified atom stereocenters. The van der Waals surface area contributed by atoms with Crippen molar-refractivity contribution in [3.05, 3.63) is 35.8 Å². The summed E-state index contributed by atoms with van der Waals surface area (Å²) in [6, 6.07) is 6.04. The van der Waals surface area contributed by atoms with E-state index in [9.17, 15) is 9.18 Å². The highest BCUT2D eigenvalue weighted by atomic mass is 19.1. The SMILES string of the molecule is O=C(O)c1cc(-c2ccc(N3CCCC3)c(F)c2)on1. The standard InChI is InChI=1S/C14H13FN2O3/c15-10-7-9(13-8-11(14(18)19)16-20-13)3-4-12(10)17-5-1-2-6-17/h3-4,7-8H,1-2,5-6H2,(H,18,19). The van der Waals surface area contributed by atoms with Crippen molar-refractivity contribution in [3.8, 4) is 11.3 Å². The van der Waals surface area contributed by atoms with Crippen LogP contribution in [0.15, 0.2) is 28.8 Å². The van der Waals surface area contributed by atoms with Crippen molar-refractivity contribution in [2.45, 2.75) is 12.8 Å². The third kappa shape index (κ3) is 2.24. The van der Waals surface area contributed by atoms with Crippen LogP contribution in [0.3, 0.4) is 0 Å². The predicted octanol–water partition coefficient (Wildman–Crippen LogP) is 2.78. The van der Waals surface area contributed by atoms with Crippen molar-refractivity contribution in [2.75, 3.05) is 18.0 Å². The molecule has 5 nitrogen and oxygen atoms in total. The van der Waals surface area contributed by atoms with Crippen LogP contribution in [0.25, 0.3) is 11.3 Å². The molecule has 2 heterocycles. The molecule has 0 bridgehead atoms. The lowest BCUT2D eigenvalue weighted by Crippen LogP contribution is -2.18. The normalized spacial score (nSPS) is 14.8. The van der Waals surface area contributed by atoms with E-state index in [0.717, 1.165) is 25.9 Å². The summed E-state index contributed by atoms with van der Waals surface area (Å²) in [6.07, 6.45) is 2.15. The fourth-order valence-corrected chi connectivity index (χ4v) is 2.39. The maximum Gasteiger partial charge on any atom is 0.358 e. The highest BCUT2D eigenvalue weighted by molar-refractivity contribution is 5.86. The van der Waals surface area contributed by atoms with Gasteiger partial charge in [0.25, 0.3) is 0 Å². The molecule has 6 heteroatoms. The van der Waals surface area contributed by atoms with Crippen molar-refractivity contribution in [1.29, 1.82) is 0 Å². The molecule has 1 saturated heterocycles. The number of rotatable bonds is 3. The smallest absolute Gasteiger partial charge is 0.358 e. The van der Waals surface area contributed by atoms with E-state index in [1.165, 1.54) is 12.1 Å². The molecule has 1 N–H and O–H groups in total. The van der Waals surface area contributed by atoms with Gasteiger partial charge in [0.05, 0.1) is 5.69 Å². The van der Waals surface area contributed by atoms with Crippen LogP contribution in [0.5, 0.6) is 0 Å². The Bertz CT molecular complexity index is 648. The van der Waals surface area contributed by atoms with Crippen LogP contribution in [0.1, 0.15) is 23.3 Å². The molecule has 0 radical (unpaired) electrons. The number of anilines is 1. The molecule has 1 aromatic carbocycles. The summed E-state index contributed by atoms with van der Waals surface area (Å²) in [5.41, 5.74) is 0.860. The minimum Gasteiger partial charge on any atom is -0.476 e. The summed E-state index contributed by atoms with van der Waals surface area (Å²) >= 11 is 0. The molecule has 1 aromatic heterocycles. The fraction of sp³-hybridized carbons (Fsp3) is 0.286. The van der Waals surface area contributed by atoms with E-state index in [0.29, 0.717) is 11.3 Å². The Morgan fingerprint density at radius 1 is 1.30 bits per heavy atom. The Kier molecular flexibility index (Phi) is 3.14. The molecule has 3 rings (SSSR count). The molecule has 1 aliphatic rings. The van der Waals surface area contributed by atoms with Crippen LogP contribution in [0.4, 0.5) is 10.1 Å². The molecule has 0 amide bonds. The van der Waals surface area contributed by atoms with Gasteiger partial charge < -0.3 is 14.5 Å². The average Bonchev–Trinajstić information content (AvgIpc) is 3.10. The first-order chi connectivity index (χ1) is 9.65. The first kappa shape index (κ1) is 12.7. The molecule has 0 aliphatic carbocycles. The van der Waals surface area contributed by atoms with Crippen molar-refractivity contribution < 1.29 is 18.8 Å². The second-order valence-electron chi connectivity index (χ2n) is 4.74. The quantitative estimate of drug-likeness (QED) is 0.933. The van der Waals surface area contributed by atoms with Gasteiger partial charge in [-0.2, -0.15) is 0 Å². The first-order valence-corrected chi connectivity index (χ1v) is 6.40. The second kappa shape index (κ2) is 4.96. The number of nitrogens with zero attached hydrogens (tertiary/aromatic N) is 2. The zero-order chi connectivity index (χ0) is 14.1. The summed E-state index contributed by atoms with van der Waals surface area (Å²) < 4.78 is 19.1. The van der Waals surface area contributed by atoms with Gasteiger partial charge >= 0.3 is 5.97 Å². The third-order valence-electron chi connectivity index (χ3n) is 3.41. The molecular formula is C14H13FN2O3. The molecular weight excluding hydrogens is 263 g/mol. The minimum atomic E-state index is -1.17. The van der Waals surface area contributed by atoms with E-state index >= 15 is 0 Å². The van der Waals surface area contributed by atoms with Gasteiger partial charge in [-0.05, 0) is 31.0 Å². The molecule has 0 spiro atoms. The minimum absolute atomic E-state index is 0.191. The summed E-state index contributed by atoms with van der Waals surface area (Å²) in [4.78, 5) is 12.7. The van der Waals surface area contributed by atoms with E-state index in [1.54, 1.807) is 12.1 Å². The lowest BCUT2D eigenvalue weighted by molar-refractivity contribution is 0.0686. The average molecular weight is 276 g/mol. The molecule has 1 fully saturated rings. The molecule has 0 saturated carbocycles. The summed E-state index contributed by atoms with van der Waals surface area (Å²) in [7, 11) is 0. The van der Waals surface area contributed by atoms with Crippen LogP contribution in [-0.4, -0.2) is 29.3 Å². The Hall–Kier alpha value is -2.37. The Balaban J connectivity index is 1.90. The zero-order valence-electron chi connectivity index (χ0n) is 10.7. The van der Waals surface area contributed by atoms with Crippen LogP contribution < -0.4 is 4.90 Å². The van der Waals surface area contributed by atoms with Crippen LogP contribution >= 0.6 is 0 Å². The van der Waals surface area contributed by atoms with Crippen LogP contribution in [0, 0.1) is 5.82 Å². The number of carboxylic acids is 1. The number of carbonyl (C=O) groups is 1. The van der Waals surface area contributed by atoms with Crippen molar-refractivity contribution in [2.24, 2.45) is 0 Å². The van der Waals surface area contributed by atoms with E-state index in [2.05, 4.69) is 5.16 Å². The van der Waals surface area contributed by atoms with Gasteiger partial charge in [-0.25, -0.2) is 9.18 Å². The molecule has 20 heavy (non-hydrogen) atoms. The third-order valence-corrected chi connectivity index (χ3v) is 3.41. The lowest BCUT2D eigenvalue weighted by atomic mass is 10.1. The number of aromatic carboxylic acids is 1. The van der Waals surface area contributed by atoms with Gasteiger partial charge in [-0.1, -0.05) is 5.16 Å². The number of halogens is 1. The Morgan fingerprint density at radius 2 is 2.05 bits per heavy atom. The number of benzene rings is 1. The van der Waals surface area contributed by atoms with Gasteiger partial charge in [0, 0.05) is 24.7 Å². The van der Waals surface area contributed by atoms with E-state index in [-0.39, 0.29) is 17.3 Å². The van der Waals surface area contributed by atoms with Crippen LogP contribution in [-0.2, 0) is 0 Å². The van der Waals surface area contributed by atoms with Crippen LogP contribution in [0.2, 0.25) is 0 Å². The second-order valence-corrected chi connectivity index (χ2v) is 4.74. The molecule has 0 atom stereocenters. The Labute approximate surface area is 114 Å². The van der Waals surface area contributed by atoms with Gasteiger partial charge in [-0.3, -0.25) is 0 Å². The van der Waals surface area contributed by atoms with Gasteiger partial charge in [0.2, 0.25) is 0 Å². The first-order valence-electron chi connectivity index (χ1n) is 6.40. The molecule has 2 aromatic rings.